The summed E-state index contributed by atoms with van der Waals surface area (Å²) in [5.74, 6) is 2.08. The molecule has 0 aromatic heterocycles. The Bertz CT molecular complexity index is 292. The molecule has 0 amide bonds. The van der Waals surface area contributed by atoms with Crippen LogP contribution in [0.2, 0.25) is 0 Å². The van der Waals surface area contributed by atoms with Gasteiger partial charge in [-0.25, -0.2) is 0 Å². The molecule has 4 atom stereocenters. The highest BCUT2D eigenvalue weighted by Gasteiger charge is 2.42. The number of hydrogen-bond acceptors (Lipinski definition) is 2. The molecule has 1 saturated heterocycles. The van der Waals surface area contributed by atoms with Crippen molar-refractivity contribution in [2.45, 2.75) is 44.6 Å². The molecule has 0 aromatic carbocycles. The van der Waals surface area contributed by atoms with Gasteiger partial charge in [-0.1, -0.05) is 6.42 Å². The second-order valence-corrected chi connectivity index (χ2v) is 5.93. The Morgan fingerprint density at radius 1 is 1.25 bits per heavy atom. The molecule has 3 unspecified atom stereocenters. The van der Waals surface area contributed by atoms with Gasteiger partial charge in [0.15, 0.2) is 0 Å². The fourth-order valence-corrected chi connectivity index (χ4v) is 4.23. The standard InChI is InChI=1S/C13H21NO2/c15-13(16)12-2-1-5-14(12)8-11-7-9-3-4-10(11)6-9/h9-12H,1-8H2,(H,15,16)/t9?,10?,11?,12-/m0/s1. The van der Waals surface area contributed by atoms with E-state index in [9.17, 15) is 4.79 Å². The Kier molecular flexibility index (Phi) is 2.66. The van der Waals surface area contributed by atoms with Crippen LogP contribution >= 0.6 is 0 Å². The number of fused-ring (bicyclic) bond motifs is 2. The Morgan fingerprint density at radius 3 is 2.75 bits per heavy atom. The van der Waals surface area contributed by atoms with Gasteiger partial charge >= 0.3 is 5.97 Å². The average Bonchev–Trinajstić information content (AvgIpc) is 2.91. The van der Waals surface area contributed by atoms with Gasteiger partial charge in [0.1, 0.15) is 6.04 Å². The lowest BCUT2D eigenvalue weighted by Gasteiger charge is -2.29. The first-order chi connectivity index (χ1) is 7.74. The molecular weight excluding hydrogens is 202 g/mol. The summed E-state index contributed by atoms with van der Waals surface area (Å²) in [6.45, 7) is 2.06. The lowest BCUT2D eigenvalue weighted by Crippen LogP contribution is -2.40. The first-order valence-electron chi connectivity index (χ1n) is 6.71. The van der Waals surface area contributed by atoms with Crippen molar-refractivity contribution in [1.82, 2.24) is 4.90 Å². The van der Waals surface area contributed by atoms with Crippen molar-refractivity contribution in [2.75, 3.05) is 13.1 Å². The normalized spacial score (nSPS) is 43.0. The van der Waals surface area contributed by atoms with Crippen molar-refractivity contribution in [1.29, 1.82) is 0 Å². The third-order valence-corrected chi connectivity index (χ3v) is 5.00. The number of rotatable bonds is 3. The SMILES string of the molecule is O=C(O)[C@@H]1CCCN1CC1CC2CCC1C2. The van der Waals surface area contributed by atoms with Crippen LogP contribution in [0.3, 0.4) is 0 Å². The lowest BCUT2D eigenvalue weighted by molar-refractivity contribution is -0.142. The quantitative estimate of drug-likeness (QED) is 0.795. The number of likely N-dealkylation sites (tertiary alicyclic amines) is 1. The van der Waals surface area contributed by atoms with Crippen LogP contribution in [0.25, 0.3) is 0 Å². The topological polar surface area (TPSA) is 40.5 Å². The molecule has 3 nitrogen and oxygen atoms in total. The van der Waals surface area contributed by atoms with Crippen molar-refractivity contribution in [2.24, 2.45) is 17.8 Å². The van der Waals surface area contributed by atoms with E-state index in [0.717, 1.165) is 43.7 Å². The lowest BCUT2D eigenvalue weighted by atomic mass is 9.88. The van der Waals surface area contributed by atoms with Crippen LogP contribution in [-0.4, -0.2) is 35.1 Å². The van der Waals surface area contributed by atoms with E-state index in [1.54, 1.807) is 0 Å². The number of nitrogens with zero attached hydrogens (tertiary/aromatic N) is 1. The molecule has 0 radical (unpaired) electrons. The van der Waals surface area contributed by atoms with Crippen LogP contribution in [0.4, 0.5) is 0 Å². The van der Waals surface area contributed by atoms with E-state index in [0.29, 0.717) is 0 Å². The molecule has 1 N–H and O–H groups in total. The number of carboxylic acid groups (broad SMARTS) is 1. The van der Waals surface area contributed by atoms with Gasteiger partial charge in [-0.05, 0) is 56.4 Å². The first kappa shape index (κ1) is 10.6. The first-order valence-corrected chi connectivity index (χ1v) is 6.71. The maximum absolute atomic E-state index is 11.1. The molecule has 90 valence electrons. The fourth-order valence-electron chi connectivity index (χ4n) is 4.23. The summed E-state index contributed by atoms with van der Waals surface area (Å²) in [6.07, 6.45) is 7.56. The zero-order valence-electron chi connectivity index (χ0n) is 9.77. The van der Waals surface area contributed by atoms with Crippen molar-refractivity contribution >= 4 is 5.97 Å². The predicted molar refractivity (Wildman–Crippen MR) is 61.2 cm³/mol. The minimum atomic E-state index is -0.611. The van der Waals surface area contributed by atoms with E-state index in [4.69, 9.17) is 5.11 Å². The minimum absolute atomic E-state index is 0.181. The van der Waals surface area contributed by atoms with Crippen molar-refractivity contribution in [3.63, 3.8) is 0 Å². The summed E-state index contributed by atoms with van der Waals surface area (Å²) in [4.78, 5) is 13.3. The summed E-state index contributed by atoms with van der Waals surface area (Å²) in [6, 6.07) is -0.181. The molecule has 2 saturated carbocycles. The van der Waals surface area contributed by atoms with Crippen LogP contribution in [0.1, 0.15) is 38.5 Å². The summed E-state index contributed by atoms with van der Waals surface area (Å²) >= 11 is 0. The average molecular weight is 223 g/mol. The van der Waals surface area contributed by atoms with Gasteiger partial charge in [0.2, 0.25) is 0 Å². The molecule has 0 spiro atoms. The number of carboxylic acids is 1. The predicted octanol–water partition coefficient (Wildman–Crippen LogP) is 1.97. The third-order valence-electron chi connectivity index (χ3n) is 5.00. The fraction of sp³-hybridized carbons (Fsp3) is 0.923. The molecule has 16 heavy (non-hydrogen) atoms. The molecule has 3 rings (SSSR count). The van der Waals surface area contributed by atoms with E-state index in [1.807, 2.05) is 0 Å². The van der Waals surface area contributed by atoms with E-state index < -0.39 is 5.97 Å². The molecule has 2 aliphatic carbocycles. The highest BCUT2D eigenvalue weighted by atomic mass is 16.4. The summed E-state index contributed by atoms with van der Waals surface area (Å²) in [5, 5.41) is 9.15. The smallest absolute Gasteiger partial charge is 0.320 e. The van der Waals surface area contributed by atoms with Crippen molar-refractivity contribution < 1.29 is 9.90 Å². The molecule has 1 aliphatic heterocycles. The summed E-state index contributed by atoms with van der Waals surface area (Å²) in [7, 11) is 0. The molecule has 3 heteroatoms. The van der Waals surface area contributed by atoms with E-state index in [2.05, 4.69) is 4.90 Å². The molecular formula is C13H21NO2. The van der Waals surface area contributed by atoms with Gasteiger partial charge in [0.25, 0.3) is 0 Å². The Hall–Kier alpha value is -0.570. The van der Waals surface area contributed by atoms with Crippen LogP contribution in [0.5, 0.6) is 0 Å². The summed E-state index contributed by atoms with van der Waals surface area (Å²) < 4.78 is 0. The third kappa shape index (κ3) is 1.75. The van der Waals surface area contributed by atoms with Crippen molar-refractivity contribution in [3.8, 4) is 0 Å². The molecule has 3 fully saturated rings. The van der Waals surface area contributed by atoms with Gasteiger partial charge in [0.05, 0.1) is 0 Å². The summed E-state index contributed by atoms with van der Waals surface area (Å²) in [5.41, 5.74) is 0. The second kappa shape index (κ2) is 4.02. The second-order valence-electron chi connectivity index (χ2n) is 5.93. The van der Waals surface area contributed by atoms with Gasteiger partial charge < -0.3 is 5.11 Å². The Labute approximate surface area is 96.8 Å². The molecule has 1 heterocycles. The van der Waals surface area contributed by atoms with Gasteiger partial charge in [-0.15, -0.1) is 0 Å². The zero-order chi connectivity index (χ0) is 11.1. The Morgan fingerprint density at radius 2 is 2.12 bits per heavy atom. The van der Waals surface area contributed by atoms with E-state index >= 15 is 0 Å². The zero-order valence-corrected chi connectivity index (χ0v) is 9.77. The minimum Gasteiger partial charge on any atom is -0.480 e. The Balaban J connectivity index is 1.60. The molecule has 0 aromatic rings. The maximum Gasteiger partial charge on any atom is 0.320 e. The van der Waals surface area contributed by atoms with Crippen LogP contribution in [0, 0.1) is 17.8 Å². The maximum atomic E-state index is 11.1. The van der Waals surface area contributed by atoms with Gasteiger partial charge in [0, 0.05) is 6.54 Å². The number of aliphatic carboxylic acids is 1. The largest absolute Gasteiger partial charge is 0.480 e. The highest BCUT2D eigenvalue weighted by Crippen LogP contribution is 2.48. The molecule has 3 aliphatic rings. The van der Waals surface area contributed by atoms with E-state index in [1.165, 1.54) is 25.7 Å². The number of hydrogen-bond donors (Lipinski definition) is 1. The van der Waals surface area contributed by atoms with Crippen molar-refractivity contribution in [3.05, 3.63) is 0 Å². The van der Waals surface area contributed by atoms with Crippen LogP contribution < -0.4 is 0 Å². The van der Waals surface area contributed by atoms with Gasteiger partial charge in [-0.3, -0.25) is 9.69 Å². The highest BCUT2D eigenvalue weighted by molar-refractivity contribution is 5.73. The monoisotopic (exact) mass is 223 g/mol. The van der Waals surface area contributed by atoms with Crippen LogP contribution in [-0.2, 0) is 4.79 Å². The van der Waals surface area contributed by atoms with Crippen LogP contribution in [0.15, 0.2) is 0 Å². The van der Waals surface area contributed by atoms with Gasteiger partial charge in [-0.2, -0.15) is 0 Å². The molecule has 2 bridgehead atoms. The van der Waals surface area contributed by atoms with E-state index in [-0.39, 0.29) is 6.04 Å². The number of carbonyl (C=O) groups is 1.